The fourth-order valence-electron chi connectivity index (χ4n) is 2.56. The van der Waals surface area contributed by atoms with Crippen LogP contribution in [-0.4, -0.2) is 52.4 Å². The Morgan fingerprint density at radius 2 is 2.14 bits per heavy atom. The Morgan fingerprint density at radius 3 is 2.81 bits per heavy atom. The molecule has 0 spiro atoms. The minimum absolute atomic E-state index is 0.0135. The summed E-state index contributed by atoms with van der Waals surface area (Å²) in [5.41, 5.74) is 0. The standard InChI is InChI=1S/C14H25N5O2/c1-10(2)21-14-17-12(15-3)16-13(18-14)19-8-5-4-6-11(19)7-9-20/h10-11,20H,4-9H2,1-3H3,(H,15,16,17,18). The molecule has 1 unspecified atom stereocenters. The van der Waals surface area contributed by atoms with Gasteiger partial charge in [-0.25, -0.2) is 0 Å². The highest BCUT2D eigenvalue weighted by molar-refractivity contribution is 5.39. The largest absolute Gasteiger partial charge is 0.461 e. The summed E-state index contributed by atoms with van der Waals surface area (Å²) < 4.78 is 5.61. The zero-order chi connectivity index (χ0) is 15.2. The van der Waals surface area contributed by atoms with Gasteiger partial charge >= 0.3 is 6.01 Å². The fourth-order valence-corrected chi connectivity index (χ4v) is 2.56. The molecule has 0 aromatic carbocycles. The van der Waals surface area contributed by atoms with E-state index in [2.05, 4.69) is 25.2 Å². The van der Waals surface area contributed by atoms with Crippen LogP contribution in [0.2, 0.25) is 0 Å². The average Bonchev–Trinajstić information content (AvgIpc) is 2.47. The lowest BCUT2D eigenvalue weighted by atomic mass is 10.0. The summed E-state index contributed by atoms with van der Waals surface area (Å²) in [7, 11) is 1.78. The van der Waals surface area contributed by atoms with Crippen LogP contribution in [-0.2, 0) is 0 Å². The third-order valence-corrected chi connectivity index (χ3v) is 3.51. The molecule has 1 aliphatic rings. The van der Waals surface area contributed by atoms with E-state index in [0.717, 1.165) is 25.8 Å². The molecular formula is C14H25N5O2. The number of nitrogens with zero attached hydrogens (tertiary/aromatic N) is 4. The highest BCUT2D eigenvalue weighted by Gasteiger charge is 2.25. The molecule has 2 rings (SSSR count). The maximum Gasteiger partial charge on any atom is 0.323 e. The second-order valence-corrected chi connectivity index (χ2v) is 5.51. The number of ether oxygens (including phenoxy) is 1. The molecule has 118 valence electrons. The molecule has 1 aromatic heterocycles. The first kappa shape index (κ1) is 15.8. The summed E-state index contributed by atoms with van der Waals surface area (Å²) in [6, 6.07) is 0.621. The molecule has 0 radical (unpaired) electrons. The van der Waals surface area contributed by atoms with Crippen LogP contribution in [0.5, 0.6) is 6.01 Å². The van der Waals surface area contributed by atoms with Crippen molar-refractivity contribution in [3.8, 4) is 6.01 Å². The minimum atomic E-state index is 0.0135. The van der Waals surface area contributed by atoms with Gasteiger partial charge in [0, 0.05) is 26.2 Å². The predicted octanol–water partition coefficient (Wildman–Crippen LogP) is 1.44. The van der Waals surface area contributed by atoms with Crippen molar-refractivity contribution in [1.29, 1.82) is 0 Å². The lowest BCUT2D eigenvalue weighted by Gasteiger charge is -2.35. The third-order valence-electron chi connectivity index (χ3n) is 3.51. The summed E-state index contributed by atoms with van der Waals surface area (Å²) in [5.74, 6) is 1.13. The van der Waals surface area contributed by atoms with E-state index in [9.17, 15) is 5.11 Å². The molecule has 7 nitrogen and oxygen atoms in total. The molecule has 1 fully saturated rings. The fraction of sp³-hybridized carbons (Fsp3) is 0.786. The highest BCUT2D eigenvalue weighted by atomic mass is 16.5. The molecule has 2 N–H and O–H groups in total. The van der Waals surface area contributed by atoms with Crippen LogP contribution < -0.4 is 15.0 Å². The Balaban J connectivity index is 2.27. The number of hydrogen-bond acceptors (Lipinski definition) is 7. The van der Waals surface area contributed by atoms with E-state index in [1.165, 1.54) is 6.42 Å². The van der Waals surface area contributed by atoms with Gasteiger partial charge in [-0.2, -0.15) is 15.0 Å². The van der Waals surface area contributed by atoms with Crippen LogP contribution in [0.3, 0.4) is 0 Å². The monoisotopic (exact) mass is 295 g/mol. The van der Waals surface area contributed by atoms with Crippen LogP contribution in [0.4, 0.5) is 11.9 Å². The number of aliphatic hydroxyl groups is 1. The Hall–Kier alpha value is -1.63. The van der Waals surface area contributed by atoms with Crippen molar-refractivity contribution in [3.05, 3.63) is 0 Å². The van der Waals surface area contributed by atoms with Crippen molar-refractivity contribution in [3.63, 3.8) is 0 Å². The number of aliphatic hydroxyl groups excluding tert-OH is 1. The van der Waals surface area contributed by atoms with Crippen LogP contribution >= 0.6 is 0 Å². The summed E-state index contributed by atoms with van der Waals surface area (Å²) in [6.07, 6.45) is 4.10. The second-order valence-electron chi connectivity index (χ2n) is 5.51. The summed E-state index contributed by atoms with van der Waals surface area (Å²) in [4.78, 5) is 15.3. The summed E-state index contributed by atoms with van der Waals surface area (Å²) in [6.45, 7) is 4.97. The molecular weight excluding hydrogens is 270 g/mol. The normalized spacial score (nSPS) is 18.9. The molecule has 0 amide bonds. The molecule has 1 saturated heterocycles. The molecule has 0 bridgehead atoms. The average molecular weight is 295 g/mol. The molecule has 2 heterocycles. The van der Waals surface area contributed by atoms with Crippen molar-refractivity contribution in [2.45, 2.75) is 51.7 Å². The van der Waals surface area contributed by atoms with E-state index in [-0.39, 0.29) is 18.8 Å². The smallest absolute Gasteiger partial charge is 0.323 e. The molecule has 1 atom stereocenters. The predicted molar refractivity (Wildman–Crippen MR) is 81.8 cm³/mol. The Kier molecular flexibility index (Phi) is 5.55. The topological polar surface area (TPSA) is 83.4 Å². The van der Waals surface area contributed by atoms with Crippen LogP contribution in [0.15, 0.2) is 0 Å². The number of rotatable bonds is 6. The van der Waals surface area contributed by atoms with Crippen LogP contribution in [0, 0.1) is 0 Å². The Bertz CT molecular complexity index is 453. The van der Waals surface area contributed by atoms with Crippen LogP contribution in [0.1, 0.15) is 39.5 Å². The molecule has 7 heteroatoms. The SMILES string of the molecule is CNc1nc(OC(C)C)nc(N2CCCCC2CCO)n1. The van der Waals surface area contributed by atoms with Gasteiger partial charge in [0.15, 0.2) is 0 Å². The second kappa shape index (κ2) is 7.40. The van der Waals surface area contributed by atoms with Crippen molar-refractivity contribution >= 4 is 11.9 Å². The Labute approximate surface area is 125 Å². The molecule has 0 aliphatic carbocycles. The number of hydrogen-bond donors (Lipinski definition) is 2. The third kappa shape index (κ3) is 4.17. The van der Waals surface area contributed by atoms with Gasteiger partial charge in [0.2, 0.25) is 11.9 Å². The minimum Gasteiger partial charge on any atom is -0.461 e. The van der Waals surface area contributed by atoms with Gasteiger partial charge in [0.1, 0.15) is 0 Å². The van der Waals surface area contributed by atoms with Gasteiger partial charge in [0.05, 0.1) is 6.10 Å². The number of nitrogens with one attached hydrogen (secondary N) is 1. The van der Waals surface area contributed by atoms with E-state index < -0.39 is 0 Å². The number of anilines is 2. The van der Waals surface area contributed by atoms with Crippen molar-refractivity contribution < 1.29 is 9.84 Å². The molecule has 21 heavy (non-hydrogen) atoms. The van der Waals surface area contributed by atoms with Crippen LogP contribution in [0.25, 0.3) is 0 Å². The lowest BCUT2D eigenvalue weighted by molar-refractivity contribution is 0.221. The van der Waals surface area contributed by atoms with Gasteiger partial charge in [-0.1, -0.05) is 0 Å². The maximum absolute atomic E-state index is 9.24. The van der Waals surface area contributed by atoms with Gasteiger partial charge in [-0.05, 0) is 39.5 Å². The van der Waals surface area contributed by atoms with Gasteiger partial charge < -0.3 is 20.1 Å². The zero-order valence-corrected chi connectivity index (χ0v) is 13.0. The first-order chi connectivity index (χ1) is 10.1. The van der Waals surface area contributed by atoms with Crippen molar-refractivity contribution in [2.75, 3.05) is 30.4 Å². The maximum atomic E-state index is 9.24. The van der Waals surface area contributed by atoms with E-state index in [0.29, 0.717) is 17.9 Å². The molecule has 1 aliphatic heterocycles. The zero-order valence-electron chi connectivity index (χ0n) is 13.0. The van der Waals surface area contributed by atoms with E-state index in [1.807, 2.05) is 13.8 Å². The molecule has 0 saturated carbocycles. The van der Waals surface area contributed by atoms with E-state index in [1.54, 1.807) is 7.05 Å². The van der Waals surface area contributed by atoms with Gasteiger partial charge in [0.25, 0.3) is 0 Å². The first-order valence-electron chi connectivity index (χ1n) is 7.62. The number of piperidine rings is 1. The summed E-state index contributed by atoms with van der Waals surface area (Å²) in [5, 5.41) is 12.2. The van der Waals surface area contributed by atoms with Crippen molar-refractivity contribution in [2.24, 2.45) is 0 Å². The number of aromatic nitrogens is 3. The highest BCUT2D eigenvalue weighted by Crippen LogP contribution is 2.25. The van der Waals surface area contributed by atoms with E-state index >= 15 is 0 Å². The quantitative estimate of drug-likeness (QED) is 0.821. The van der Waals surface area contributed by atoms with Gasteiger partial charge in [-0.15, -0.1) is 0 Å². The van der Waals surface area contributed by atoms with Crippen molar-refractivity contribution in [1.82, 2.24) is 15.0 Å². The first-order valence-corrected chi connectivity index (χ1v) is 7.62. The van der Waals surface area contributed by atoms with E-state index in [4.69, 9.17) is 4.74 Å². The molecule has 1 aromatic rings. The summed E-state index contributed by atoms with van der Waals surface area (Å²) >= 11 is 0. The van der Waals surface area contributed by atoms with Gasteiger partial charge in [-0.3, -0.25) is 0 Å². The Morgan fingerprint density at radius 1 is 1.33 bits per heavy atom. The lowest BCUT2D eigenvalue weighted by Crippen LogP contribution is -2.41.